The lowest BCUT2D eigenvalue weighted by atomic mass is 10.3. The number of aryl methyl sites for hydroxylation is 1. The van der Waals surface area contributed by atoms with Gasteiger partial charge >= 0.3 is 0 Å². The number of nitrogens with zero attached hydrogens (tertiary/aromatic N) is 2. The molecule has 0 saturated heterocycles. The number of pyridine rings is 1. The number of aromatic nitrogens is 1. The Morgan fingerprint density at radius 2 is 2.19 bits per heavy atom. The summed E-state index contributed by atoms with van der Waals surface area (Å²) in [7, 11) is 5.25. The van der Waals surface area contributed by atoms with E-state index in [1.807, 2.05) is 25.9 Å². The maximum absolute atomic E-state index is 11.5. The maximum Gasteiger partial charge on any atom is 0.238 e. The molecule has 0 radical (unpaired) electrons. The van der Waals surface area contributed by atoms with Crippen molar-refractivity contribution in [1.29, 1.82) is 0 Å². The van der Waals surface area contributed by atoms with Gasteiger partial charge in [0.25, 0.3) is 0 Å². The lowest BCUT2D eigenvalue weighted by molar-refractivity contribution is -0.116. The zero-order valence-corrected chi connectivity index (χ0v) is 10.1. The second-order valence-electron chi connectivity index (χ2n) is 3.77. The third-order valence-corrected chi connectivity index (χ3v) is 2.00. The molecule has 0 aliphatic carbocycles. The van der Waals surface area contributed by atoms with E-state index in [2.05, 4.69) is 10.3 Å². The van der Waals surface area contributed by atoms with Gasteiger partial charge < -0.3 is 15.0 Å². The lowest BCUT2D eigenvalue weighted by Gasteiger charge is -2.11. The Bertz CT molecular complexity index is 377. The maximum atomic E-state index is 11.5. The first kappa shape index (κ1) is 12.4. The lowest BCUT2D eigenvalue weighted by Crippen LogP contribution is -2.27. The van der Waals surface area contributed by atoms with Crippen molar-refractivity contribution in [1.82, 2.24) is 9.88 Å². The molecule has 0 aliphatic rings. The van der Waals surface area contributed by atoms with E-state index in [1.165, 1.54) is 0 Å². The van der Waals surface area contributed by atoms with Crippen molar-refractivity contribution in [2.45, 2.75) is 6.92 Å². The molecule has 1 aromatic rings. The molecule has 1 rings (SSSR count). The highest BCUT2D eigenvalue weighted by atomic mass is 16.5. The molecule has 5 heteroatoms. The van der Waals surface area contributed by atoms with Crippen LogP contribution in [-0.4, -0.2) is 43.5 Å². The molecule has 1 amide bonds. The number of likely N-dealkylation sites (N-methyl/N-ethyl adjacent to an activating group) is 1. The van der Waals surface area contributed by atoms with Gasteiger partial charge in [0.15, 0.2) is 0 Å². The van der Waals surface area contributed by atoms with Crippen LogP contribution in [0.2, 0.25) is 0 Å². The van der Waals surface area contributed by atoms with Crippen LogP contribution < -0.4 is 10.1 Å². The van der Waals surface area contributed by atoms with Gasteiger partial charge in [0.05, 0.1) is 25.0 Å². The Balaban J connectivity index is 2.70. The van der Waals surface area contributed by atoms with E-state index in [-0.39, 0.29) is 5.91 Å². The largest absolute Gasteiger partial charge is 0.481 e. The van der Waals surface area contributed by atoms with Crippen molar-refractivity contribution < 1.29 is 9.53 Å². The third-order valence-electron chi connectivity index (χ3n) is 2.00. The average Bonchev–Trinajstić information content (AvgIpc) is 2.19. The Morgan fingerprint density at radius 1 is 1.50 bits per heavy atom. The van der Waals surface area contributed by atoms with Crippen LogP contribution in [0.5, 0.6) is 5.88 Å². The number of hydrogen-bond donors (Lipinski definition) is 1. The molecule has 0 aliphatic heterocycles. The van der Waals surface area contributed by atoms with Gasteiger partial charge in [-0.15, -0.1) is 0 Å². The number of ether oxygens (including phenoxy) is 1. The van der Waals surface area contributed by atoms with Crippen molar-refractivity contribution in [3.8, 4) is 5.88 Å². The van der Waals surface area contributed by atoms with Crippen LogP contribution in [-0.2, 0) is 4.79 Å². The quantitative estimate of drug-likeness (QED) is 0.824. The Hall–Kier alpha value is -1.62. The topological polar surface area (TPSA) is 54.5 Å². The van der Waals surface area contributed by atoms with Gasteiger partial charge in [-0.25, -0.2) is 4.98 Å². The van der Waals surface area contributed by atoms with Crippen molar-refractivity contribution in [2.75, 3.05) is 33.1 Å². The summed E-state index contributed by atoms with van der Waals surface area (Å²) >= 11 is 0. The fraction of sp³-hybridized carbons (Fsp3) is 0.455. The minimum absolute atomic E-state index is 0.0555. The zero-order chi connectivity index (χ0) is 12.1. The van der Waals surface area contributed by atoms with E-state index in [0.717, 1.165) is 5.69 Å². The first-order chi connectivity index (χ1) is 7.52. The number of rotatable bonds is 4. The number of hydrogen-bond acceptors (Lipinski definition) is 4. The minimum atomic E-state index is -0.0555. The number of amides is 1. The zero-order valence-electron chi connectivity index (χ0n) is 10.1. The summed E-state index contributed by atoms with van der Waals surface area (Å²) in [6, 6.07) is 3.51. The second kappa shape index (κ2) is 5.46. The van der Waals surface area contributed by atoms with Gasteiger partial charge in [-0.1, -0.05) is 0 Å². The highest BCUT2D eigenvalue weighted by Crippen LogP contribution is 2.16. The predicted octanol–water partition coefficient (Wildman–Crippen LogP) is 0.899. The molecule has 0 saturated carbocycles. The molecule has 1 N–H and O–H groups in total. The Labute approximate surface area is 95.4 Å². The molecule has 0 unspecified atom stereocenters. The van der Waals surface area contributed by atoms with Crippen LogP contribution in [0, 0.1) is 6.92 Å². The molecule has 1 aromatic heterocycles. The molecule has 88 valence electrons. The van der Waals surface area contributed by atoms with Crippen molar-refractivity contribution in [3.63, 3.8) is 0 Å². The van der Waals surface area contributed by atoms with E-state index >= 15 is 0 Å². The number of carbonyl (C=O) groups excluding carboxylic acids is 1. The first-order valence-electron chi connectivity index (χ1n) is 4.99. The van der Waals surface area contributed by atoms with E-state index in [4.69, 9.17) is 4.74 Å². The number of carbonyl (C=O) groups is 1. The van der Waals surface area contributed by atoms with E-state index in [1.54, 1.807) is 19.2 Å². The molecular weight excluding hydrogens is 206 g/mol. The molecular formula is C11H17N3O2. The Kier molecular flexibility index (Phi) is 4.25. The smallest absolute Gasteiger partial charge is 0.238 e. The van der Waals surface area contributed by atoms with Crippen LogP contribution in [0.25, 0.3) is 0 Å². The van der Waals surface area contributed by atoms with Crippen LogP contribution in [0.4, 0.5) is 5.69 Å². The fourth-order valence-corrected chi connectivity index (χ4v) is 1.26. The predicted molar refractivity (Wildman–Crippen MR) is 62.7 cm³/mol. The molecule has 0 atom stereocenters. The van der Waals surface area contributed by atoms with Gasteiger partial charge in [-0.05, 0) is 27.1 Å². The Morgan fingerprint density at radius 3 is 2.69 bits per heavy atom. The van der Waals surface area contributed by atoms with Crippen LogP contribution >= 0.6 is 0 Å². The van der Waals surface area contributed by atoms with E-state index in [0.29, 0.717) is 18.1 Å². The summed E-state index contributed by atoms with van der Waals surface area (Å²) in [4.78, 5) is 17.5. The molecule has 0 bridgehead atoms. The normalized spacial score (nSPS) is 10.3. The van der Waals surface area contributed by atoms with E-state index in [9.17, 15) is 4.79 Å². The summed E-state index contributed by atoms with van der Waals surface area (Å²) in [5.74, 6) is 0.489. The molecule has 5 nitrogen and oxygen atoms in total. The van der Waals surface area contributed by atoms with Gasteiger partial charge in [-0.2, -0.15) is 0 Å². The van der Waals surface area contributed by atoms with Gasteiger partial charge in [-0.3, -0.25) is 4.79 Å². The van der Waals surface area contributed by atoms with Crippen molar-refractivity contribution in [2.24, 2.45) is 0 Å². The molecule has 16 heavy (non-hydrogen) atoms. The standard InChI is InChI=1S/C11H17N3O2/c1-8-9(5-6-11(12-8)16-4)13-10(15)7-14(2)3/h5-6H,7H2,1-4H3,(H,13,15). The number of methoxy groups -OCH3 is 1. The first-order valence-corrected chi connectivity index (χ1v) is 4.99. The summed E-state index contributed by atoms with van der Waals surface area (Å²) in [6.45, 7) is 2.18. The highest BCUT2D eigenvalue weighted by Gasteiger charge is 2.07. The van der Waals surface area contributed by atoms with Crippen LogP contribution in [0.3, 0.4) is 0 Å². The number of nitrogens with one attached hydrogen (secondary N) is 1. The van der Waals surface area contributed by atoms with Crippen LogP contribution in [0.1, 0.15) is 5.69 Å². The third kappa shape index (κ3) is 3.51. The van der Waals surface area contributed by atoms with Gasteiger partial charge in [0.2, 0.25) is 11.8 Å². The second-order valence-corrected chi connectivity index (χ2v) is 3.77. The van der Waals surface area contributed by atoms with Crippen molar-refractivity contribution >= 4 is 11.6 Å². The monoisotopic (exact) mass is 223 g/mol. The summed E-state index contributed by atoms with van der Waals surface area (Å²) in [6.07, 6.45) is 0. The molecule has 0 spiro atoms. The van der Waals surface area contributed by atoms with Gasteiger partial charge in [0.1, 0.15) is 0 Å². The summed E-state index contributed by atoms with van der Waals surface area (Å²) < 4.78 is 4.99. The van der Waals surface area contributed by atoms with Gasteiger partial charge in [0, 0.05) is 6.07 Å². The summed E-state index contributed by atoms with van der Waals surface area (Å²) in [5.41, 5.74) is 1.46. The summed E-state index contributed by atoms with van der Waals surface area (Å²) in [5, 5.41) is 2.79. The minimum Gasteiger partial charge on any atom is -0.481 e. The van der Waals surface area contributed by atoms with E-state index < -0.39 is 0 Å². The molecule has 0 aromatic carbocycles. The molecule has 0 fully saturated rings. The highest BCUT2D eigenvalue weighted by molar-refractivity contribution is 5.92. The van der Waals surface area contributed by atoms with Crippen LogP contribution in [0.15, 0.2) is 12.1 Å². The van der Waals surface area contributed by atoms with Crippen molar-refractivity contribution in [3.05, 3.63) is 17.8 Å². The molecule has 1 heterocycles. The number of anilines is 1. The fourth-order valence-electron chi connectivity index (χ4n) is 1.26. The SMILES string of the molecule is COc1ccc(NC(=O)CN(C)C)c(C)n1. The average molecular weight is 223 g/mol.